The van der Waals surface area contributed by atoms with E-state index in [9.17, 15) is 14.9 Å². The summed E-state index contributed by atoms with van der Waals surface area (Å²) in [6.07, 6.45) is 0.723. The van der Waals surface area contributed by atoms with Crippen molar-refractivity contribution in [1.82, 2.24) is 5.32 Å². The number of benzene rings is 2. The second-order valence-corrected chi connectivity index (χ2v) is 9.05. The minimum absolute atomic E-state index is 0.0314. The number of nitroso groups, excluding NO2 is 1. The average Bonchev–Trinajstić information content (AvgIpc) is 2.58. The van der Waals surface area contributed by atoms with Gasteiger partial charge in [-0.2, -0.15) is 0 Å². The van der Waals surface area contributed by atoms with Gasteiger partial charge in [-0.1, -0.05) is 37.0 Å². The van der Waals surface area contributed by atoms with Crippen molar-refractivity contribution in [2.45, 2.75) is 12.8 Å². The standard InChI is InChI=1S/C17H13Br4N3O3/c18-11-3-9(4-12(19)8-11)1-2-22-17(25)15(23-26)7-10-5-13(20)16(24-27)14(21)6-10/h3-6,8,26H,1-2,7H2,(H,22,25)/b23-15+. The molecule has 0 spiro atoms. The molecule has 2 rings (SSSR count). The van der Waals surface area contributed by atoms with E-state index in [1.807, 2.05) is 18.2 Å². The Morgan fingerprint density at radius 3 is 2.07 bits per heavy atom. The molecule has 27 heavy (non-hydrogen) atoms. The summed E-state index contributed by atoms with van der Waals surface area (Å²) >= 11 is 13.4. The van der Waals surface area contributed by atoms with Crippen molar-refractivity contribution in [1.29, 1.82) is 0 Å². The lowest BCUT2D eigenvalue weighted by Gasteiger charge is -2.09. The number of oxime groups is 1. The third-order valence-electron chi connectivity index (χ3n) is 3.54. The fraction of sp³-hybridized carbons (Fsp3) is 0.176. The first kappa shape index (κ1) is 22.2. The molecule has 0 aliphatic heterocycles. The van der Waals surface area contributed by atoms with Gasteiger partial charge in [-0.3, -0.25) is 4.79 Å². The molecule has 6 nitrogen and oxygen atoms in total. The molecule has 0 radical (unpaired) electrons. The predicted molar refractivity (Wildman–Crippen MR) is 119 cm³/mol. The molecule has 2 N–H and O–H groups in total. The van der Waals surface area contributed by atoms with Crippen LogP contribution < -0.4 is 5.32 Å². The number of carbonyl (C=O) groups is 1. The fourth-order valence-corrected chi connectivity index (χ4v) is 5.15. The number of nitrogens with one attached hydrogen (secondary N) is 1. The summed E-state index contributed by atoms with van der Waals surface area (Å²) in [5.41, 5.74) is 1.92. The number of amides is 1. The molecule has 0 aliphatic carbocycles. The Bertz CT molecular complexity index is 860. The zero-order chi connectivity index (χ0) is 20.0. The lowest BCUT2D eigenvalue weighted by atomic mass is 10.1. The Hall–Kier alpha value is -1.10. The monoisotopic (exact) mass is 623 g/mol. The van der Waals surface area contributed by atoms with E-state index in [1.54, 1.807) is 12.1 Å². The molecule has 0 aliphatic rings. The molecule has 0 saturated heterocycles. The molecule has 0 bridgehead atoms. The van der Waals surface area contributed by atoms with Crippen molar-refractivity contribution in [3.05, 3.63) is 64.3 Å². The van der Waals surface area contributed by atoms with Crippen LogP contribution in [0.3, 0.4) is 0 Å². The Morgan fingerprint density at radius 1 is 0.963 bits per heavy atom. The van der Waals surface area contributed by atoms with Gasteiger partial charge in [0.1, 0.15) is 11.4 Å². The molecule has 2 aromatic carbocycles. The number of carbonyl (C=O) groups excluding carboxylic acids is 1. The van der Waals surface area contributed by atoms with Crippen LogP contribution in [0.2, 0.25) is 0 Å². The highest BCUT2D eigenvalue weighted by atomic mass is 79.9. The summed E-state index contributed by atoms with van der Waals surface area (Å²) in [5.74, 6) is -0.462. The fourth-order valence-electron chi connectivity index (χ4n) is 2.34. The zero-order valence-electron chi connectivity index (χ0n) is 13.7. The first-order valence-corrected chi connectivity index (χ1v) is 10.8. The number of rotatable bonds is 7. The molecule has 0 saturated carbocycles. The van der Waals surface area contributed by atoms with E-state index in [4.69, 9.17) is 0 Å². The lowest BCUT2D eigenvalue weighted by molar-refractivity contribution is -0.115. The largest absolute Gasteiger partial charge is 0.410 e. The molecule has 142 valence electrons. The van der Waals surface area contributed by atoms with E-state index in [0.717, 1.165) is 14.5 Å². The van der Waals surface area contributed by atoms with Crippen molar-refractivity contribution >= 4 is 81.0 Å². The van der Waals surface area contributed by atoms with Gasteiger partial charge in [0.25, 0.3) is 5.91 Å². The third-order valence-corrected chi connectivity index (χ3v) is 5.67. The van der Waals surface area contributed by atoms with Gasteiger partial charge in [0.05, 0.1) is 0 Å². The average molecular weight is 627 g/mol. The Labute approximate surface area is 189 Å². The predicted octanol–water partition coefficient (Wildman–Crippen LogP) is 5.87. The minimum atomic E-state index is -0.462. The Kier molecular flexibility index (Phi) is 8.59. The van der Waals surface area contributed by atoms with E-state index in [0.29, 0.717) is 27.5 Å². The highest BCUT2D eigenvalue weighted by molar-refractivity contribution is 9.11. The van der Waals surface area contributed by atoms with Crippen LogP contribution in [0.4, 0.5) is 5.69 Å². The van der Waals surface area contributed by atoms with Crippen LogP contribution in [0.1, 0.15) is 11.1 Å². The van der Waals surface area contributed by atoms with Gasteiger partial charge < -0.3 is 10.5 Å². The van der Waals surface area contributed by atoms with Gasteiger partial charge in [0.15, 0.2) is 0 Å². The summed E-state index contributed by atoms with van der Waals surface area (Å²) in [6.45, 7) is 0.391. The van der Waals surface area contributed by atoms with Crippen LogP contribution in [-0.4, -0.2) is 23.4 Å². The zero-order valence-corrected chi connectivity index (χ0v) is 20.0. The number of hydrogen-bond acceptors (Lipinski definition) is 5. The van der Waals surface area contributed by atoms with Crippen molar-refractivity contribution in [2.75, 3.05) is 6.54 Å². The molecule has 0 aromatic heterocycles. The van der Waals surface area contributed by atoms with E-state index < -0.39 is 5.91 Å². The minimum Gasteiger partial charge on any atom is -0.410 e. The maximum Gasteiger partial charge on any atom is 0.269 e. The molecule has 1 amide bonds. The van der Waals surface area contributed by atoms with E-state index >= 15 is 0 Å². The van der Waals surface area contributed by atoms with Gasteiger partial charge in [-0.05, 0) is 84.9 Å². The van der Waals surface area contributed by atoms with Crippen molar-refractivity contribution in [3.63, 3.8) is 0 Å². The van der Waals surface area contributed by atoms with E-state index in [1.165, 1.54) is 0 Å². The van der Waals surface area contributed by atoms with Gasteiger partial charge in [0.2, 0.25) is 0 Å². The summed E-state index contributed by atoms with van der Waals surface area (Å²) in [7, 11) is 0. The maximum atomic E-state index is 12.3. The molecular weight excluding hydrogens is 614 g/mol. The Morgan fingerprint density at radius 2 is 1.56 bits per heavy atom. The number of halogens is 4. The molecule has 2 aromatic rings. The summed E-state index contributed by atoms with van der Waals surface area (Å²) in [5, 5.41) is 18.0. The molecular formula is C17H13Br4N3O3. The normalized spacial score (nSPS) is 11.3. The summed E-state index contributed by atoms with van der Waals surface area (Å²) in [4.78, 5) is 23.1. The van der Waals surface area contributed by atoms with Crippen molar-refractivity contribution < 1.29 is 10.0 Å². The van der Waals surface area contributed by atoms with Crippen LogP contribution in [0.15, 0.2) is 58.6 Å². The summed E-state index contributed by atoms with van der Waals surface area (Å²) < 4.78 is 2.86. The summed E-state index contributed by atoms with van der Waals surface area (Å²) in [6, 6.07) is 9.17. The highest BCUT2D eigenvalue weighted by Crippen LogP contribution is 2.34. The first-order chi connectivity index (χ1) is 12.8. The van der Waals surface area contributed by atoms with Crippen LogP contribution in [0.25, 0.3) is 0 Å². The molecule has 10 heteroatoms. The first-order valence-electron chi connectivity index (χ1n) is 7.59. The van der Waals surface area contributed by atoms with Gasteiger partial charge >= 0.3 is 0 Å². The lowest BCUT2D eigenvalue weighted by Crippen LogP contribution is -2.33. The van der Waals surface area contributed by atoms with E-state index in [-0.39, 0.29) is 17.8 Å². The molecule has 0 unspecified atom stereocenters. The quantitative estimate of drug-likeness (QED) is 0.174. The SMILES string of the molecule is O=Nc1c(Br)cc(C/C(=N\O)C(=O)NCCc2cc(Br)cc(Br)c2)cc1Br. The second kappa shape index (κ2) is 10.4. The van der Waals surface area contributed by atoms with Crippen molar-refractivity contribution in [2.24, 2.45) is 10.3 Å². The van der Waals surface area contributed by atoms with Gasteiger partial charge in [-0.15, -0.1) is 4.91 Å². The van der Waals surface area contributed by atoms with Crippen LogP contribution in [-0.2, 0) is 17.6 Å². The molecule has 0 heterocycles. The molecule has 0 atom stereocenters. The maximum absolute atomic E-state index is 12.3. The van der Waals surface area contributed by atoms with Crippen LogP contribution in [0.5, 0.6) is 0 Å². The van der Waals surface area contributed by atoms with Crippen LogP contribution in [0, 0.1) is 4.91 Å². The number of hydrogen-bond donors (Lipinski definition) is 2. The molecule has 0 fully saturated rings. The topological polar surface area (TPSA) is 91.1 Å². The Balaban J connectivity index is 1.99. The van der Waals surface area contributed by atoms with E-state index in [2.05, 4.69) is 79.4 Å². The van der Waals surface area contributed by atoms with Crippen LogP contribution >= 0.6 is 63.7 Å². The highest BCUT2D eigenvalue weighted by Gasteiger charge is 2.15. The second-order valence-electron chi connectivity index (χ2n) is 5.51. The van der Waals surface area contributed by atoms with Gasteiger partial charge in [0, 0.05) is 30.9 Å². The number of nitrogens with zero attached hydrogens (tertiary/aromatic N) is 2. The van der Waals surface area contributed by atoms with Gasteiger partial charge in [-0.25, -0.2) is 0 Å². The van der Waals surface area contributed by atoms with Crippen molar-refractivity contribution in [3.8, 4) is 0 Å². The smallest absolute Gasteiger partial charge is 0.269 e. The third kappa shape index (κ3) is 6.48.